The first-order valence-corrected chi connectivity index (χ1v) is 11.0. The summed E-state index contributed by atoms with van der Waals surface area (Å²) >= 11 is 1.32. The van der Waals surface area contributed by atoms with Gasteiger partial charge in [0, 0.05) is 11.7 Å². The second-order valence-electron chi connectivity index (χ2n) is 7.20. The van der Waals surface area contributed by atoms with Crippen molar-refractivity contribution >= 4 is 34.7 Å². The number of carbonyl (C=O) groups is 2. The Morgan fingerprint density at radius 2 is 1.72 bits per heavy atom. The number of carbonyl (C=O) groups excluding carboxylic acids is 2. The summed E-state index contributed by atoms with van der Waals surface area (Å²) in [5.74, 6) is -0.205. The molecule has 1 aliphatic rings. The van der Waals surface area contributed by atoms with Crippen LogP contribution in [0.25, 0.3) is 16.7 Å². The van der Waals surface area contributed by atoms with Gasteiger partial charge in [0.25, 0.3) is 0 Å². The van der Waals surface area contributed by atoms with E-state index in [0.717, 1.165) is 47.6 Å². The summed E-state index contributed by atoms with van der Waals surface area (Å²) in [4.78, 5) is 29.1. The Morgan fingerprint density at radius 1 is 1.00 bits per heavy atom. The van der Waals surface area contributed by atoms with Gasteiger partial charge in [-0.3, -0.25) is 14.7 Å². The molecule has 2 N–H and O–H groups in total. The molecule has 1 heterocycles. The van der Waals surface area contributed by atoms with E-state index >= 15 is 0 Å². The minimum absolute atomic E-state index is 0.119. The van der Waals surface area contributed by atoms with Crippen LogP contribution < -0.4 is 10.6 Å². The third-order valence-corrected chi connectivity index (χ3v) is 6.01. The third kappa shape index (κ3) is 4.79. The summed E-state index contributed by atoms with van der Waals surface area (Å²) in [6, 6.07) is 17.6. The number of hydrogen-bond acceptors (Lipinski definition) is 4. The normalized spacial score (nSPS) is 14.6. The molecule has 29 heavy (non-hydrogen) atoms. The van der Waals surface area contributed by atoms with Crippen LogP contribution in [0, 0.1) is 0 Å². The van der Waals surface area contributed by atoms with Gasteiger partial charge in [0.15, 0.2) is 5.16 Å². The second kappa shape index (κ2) is 9.13. The lowest BCUT2D eigenvalue weighted by atomic mass is 9.96. The maximum Gasteiger partial charge on any atom is 0.321 e. The largest absolute Gasteiger partial charge is 0.335 e. The maximum atomic E-state index is 12.3. The Hall–Kier alpha value is -2.80. The van der Waals surface area contributed by atoms with Gasteiger partial charge in [0.2, 0.25) is 5.91 Å². The molecule has 1 saturated carbocycles. The van der Waals surface area contributed by atoms with Crippen LogP contribution in [0.4, 0.5) is 4.79 Å². The quantitative estimate of drug-likeness (QED) is 0.618. The van der Waals surface area contributed by atoms with E-state index in [0.29, 0.717) is 0 Å². The first kappa shape index (κ1) is 19.5. The molecule has 1 aliphatic carbocycles. The van der Waals surface area contributed by atoms with Crippen LogP contribution in [0.15, 0.2) is 59.8 Å². The van der Waals surface area contributed by atoms with E-state index in [4.69, 9.17) is 0 Å². The van der Waals surface area contributed by atoms with Crippen LogP contribution in [-0.2, 0) is 4.79 Å². The number of urea groups is 1. The van der Waals surface area contributed by atoms with Gasteiger partial charge >= 0.3 is 6.03 Å². The summed E-state index contributed by atoms with van der Waals surface area (Å²) < 4.78 is 2.04. The summed E-state index contributed by atoms with van der Waals surface area (Å²) in [6.45, 7) is 0. The SMILES string of the molecule is O=C(CSc1nc2ccccc2n1-c1ccccc1)NC(=O)NC1CCCCC1. The van der Waals surface area contributed by atoms with Crippen LogP contribution in [0.2, 0.25) is 0 Å². The Kier molecular flexibility index (Phi) is 6.14. The van der Waals surface area contributed by atoms with Crippen molar-refractivity contribution in [2.24, 2.45) is 0 Å². The van der Waals surface area contributed by atoms with Crippen molar-refractivity contribution in [1.29, 1.82) is 0 Å². The third-order valence-electron chi connectivity index (χ3n) is 5.07. The molecule has 150 valence electrons. The molecule has 3 aromatic rings. The van der Waals surface area contributed by atoms with E-state index < -0.39 is 6.03 Å². The number of thioether (sulfide) groups is 1. The Balaban J connectivity index is 1.43. The van der Waals surface area contributed by atoms with E-state index in [1.165, 1.54) is 18.2 Å². The lowest BCUT2D eigenvalue weighted by Crippen LogP contribution is -2.45. The molecule has 2 aromatic carbocycles. The zero-order valence-corrected chi connectivity index (χ0v) is 17.0. The number of para-hydroxylation sites is 3. The Bertz CT molecular complexity index is 996. The van der Waals surface area contributed by atoms with Gasteiger partial charge in [-0.1, -0.05) is 61.4 Å². The molecule has 0 atom stereocenters. The lowest BCUT2D eigenvalue weighted by Gasteiger charge is -2.22. The minimum atomic E-state index is -0.404. The number of rotatable bonds is 5. The van der Waals surface area contributed by atoms with E-state index in [1.807, 2.05) is 59.2 Å². The number of aromatic nitrogens is 2. The highest BCUT2D eigenvalue weighted by molar-refractivity contribution is 7.99. The number of imidazole rings is 1. The number of fused-ring (bicyclic) bond motifs is 1. The summed E-state index contributed by atoms with van der Waals surface area (Å²) in [5.41, 5.74) is 2.84. The fourth-order valence-electron chi connectivity index (χ4n) is 3.69. The van der Waals surface area contributed by atoms with Crippen molar-refractivity contribution in [2.45, 2.75) is 43.3 Å². The summed E-state index contributed by atoms with van der Waals surface area (Å²) in [6.07, 6.45) is 5.45. The maximum absolute atomic E-state index is 12.3. The number of nitrogens with one attached hydrogen (secondary N) is 2. The van der Waals surface area contributed by atoms with Crippen molar-refractivity contribution in [3.63, 3.8) is 0 Å². The van der Waals surface area contributed by atoms with Crippen molar-refractivity contribution in [2.75, 3.05) is 5.75 Å². The zero-order valence-electron chi connectivity index (χ0n) is 16.1. The van der Waals surface area contributed by atoms with Gasteiger partial charge in [0.05, 0.1) is 16.8 Å². The van der Waals surface area contributed by atoms with Crippen molar-refractivity contribution in [1.82, 2.24) is 20.2 Å². The molecular formula is C22H24N4O2S. The number of imide groups is 1. The fourth-order valence-corrected chi connectivity index (χ4v) is 4.52. The van der Waals surface area contributed by atoms with Gasteiger partial charge < -0.3 is 5.32 Å². The van der Waals surface area contributed by atoms with E-state index in [2.05, 4.69) is 15.6 Å². The first-order valence-electron chi connectivity index (χ1n) is 9.97. The molecule has 0 bridgehead atoms. The fraction of sp³-hybridized carbons (Fsp3) is 0.318. The van der Waals surface area contributed by atoms with Crippen molar-refractivity contribution < 1.29 is 9.59 Å². The molecule has 1 fully saturated rings. The summed E-state index contributed by atoms with van der Waals surface area (Å²) in [5, 5.41) is 6.07. The monoisotopic (exact) mass is 408 g/mol. The molecule has 0 saturated heterocycles. The van der Waals surface area contributed by atoms with Gasteiger partial charge in [-0.15, -0.1) is 0 Å². The molecule has 7 heteroatoms. The predicted molar refractivity (Wildman–Crippen MR) is 115 cm³/mol. The molecular weight excluding hydrogens is 384 g/mol. The van der Waals surface area contributed by atoms with E-state index in [9.17, 15) is 9.59 Å². The van der Waals surface area contributed by atoms with E-state index in [-0.39, 0.29) is 17.7 Å². The molecule has 0 radical (unpaired) electrons. The first-order chi connectivity index (χ1) is 14.2. The van der Waals surface area contributed by atoms with Crippen molar-refractivity contribution in [3.8, 4) is 5.69 Å². The standard InChI is InChI=1S/C22H24N4O2S/c27-20(25-21(28)23-16-9-3-1-4-10-16)15-29-22-24-18-13-7-8-14-19(18)26(22)17-11-5-2-6-12-17/h2,5-8,11-14,16H,1,3-4,9-10,15H2,(H2,23,25,27,28). The van der Waals surface area contributed by atoms with Crippen molar-refractivity contribution in [3.05, 3.63) is 54.6 Å². The Morgan fingerprint density at radius 3 is 2.52 bits per heavy atom. The lowest BCUT2D eigenvalue weighted by molar-refractivity contribution is -0.117. The molecule has 1 aromatic heterocycles. The molecule has 6 nitrogen and oxygen atoms in total. The van der Waals surface area contributed by atoms with Crippen LogP contribution >= 0.6 is 11.8 Å². The van der Waals surface area contributed by atoms with E-state index in [1.54, 1.807) is 0 Å². The van der Waals surface area contributed by atoms with Gasteiger partial charge in [-0.05, 0) is 37.1 Å². The number of nitrogens with zero attached hydrogens (tertiary/aromatic N) is 2. The predicted octanol–water partition coefficient (Wildman–Crippen LogP) is 4.28. The van der Waals surface area contributed by atoms with Crippen LogP contribution in [0.3, 0.4) is 0 Å². The average molecular weight is 409 g/mol. The van der Waals surface area contributed by atoms with Crippen LogP contribution in [0.1, 0.15) is 32.1 Å². The molecule has 0 unspecified atom stereocenters. The smallest absolute Gasteiger partial charge is 0.321 e. The molecule has 0 spiro atoms. The minimum Gasteiger partial charge on any atom is -0.335 e. The Labute approximate surface area is 174 Å². The highest BCUT2D eigenvalue weighted by Crippen LogP contribution is 2.27. The van der Waals surface area contributed by atoms with Crippen LogP contribution in [0.5, 0.6) is 0 Å². The highest BCUT2D eigenvalue weighted by atomic mass is 32.2. The molecule has 3 amide bonds. The number of benzene rings is 2. The number of amides is 3. The van der Waals surface area contributed by atoms with Gasteiger partial charge in [-0.25, -0.2) is 9.78 Å². The van der Waals surface area contributed by atoms with Crippen LogP contribution in [-0.4, -0.2) is 33.3 Å². The zero-order chi connectivity index (χ0) is 20.1. The molecule has 0 aliphatic heterocycles. The van der Waals surface area contributed by atoms with Gasteiger partial charge in [-0.2, -0.15) is 0 Å². The molecule has 4 rings (SSSR count). The second-order valence-corrected chi connectivity index (χ2v) is 8.14. The van der Waals surface area contributed by atoms with Gasteiger partial charge in [0.1, 0.15) is 0 Å². The summed E-state index contributed by atoms with van der Waals surface area (Å²) in [7, 11) is 0. The average Bonchev–Trinajstić information content (AvgIpc) is 3.12. The number of hydrogen-bond donors (Lipinski definition) is 2. The topological polar surface area (TPSA) is 76.0 Å². The highest BCUT2D eigenvalue weighted by Gasteiger charge is 2.18.